The van der Waals surface area contributed by atoms with Gasteiger partial charge in [0.2, 0.25) is 0 Å². The van der Waals surface area contributed by atoms with Crippen molar-refractivity contribution in [3.8, 4) is 0 Å². The van der Waals surface area contributed by atoms with E-state index < -0.39 is 23.0 Å². The molecule has 0 bridgehead atoms. The van der Waals surface area contributed by atoms with E-state index >= 15 is 0 Å². The normalized spacial score (nSPS) is 11.7. The Morgan fingerprint density at radius 3 is 2.20 bits per heavy atom. The third kappa shape index (κ3) is 2.46. The van der Waals surface area contributed by atoms with Crippen molar-refractivity contribution in [1.82, 2.24) is 0 Å². The summed E-state index contributed by atoms with van der Waals surface area (Å²) in [6.45, 7) is 2.60. The molecule has 0 atom stereocenters. The number of rotatable bonds is 2. The van der Waals surface area contributed by atoms with E-state index in [1.54, 1.807) is 0 Å². The molecule has 0 spiro atoms. The fourth-order valence-electron chi connectivity index (χ4n) is 1.27. The van der Waals surface area contributed by atoms with Crippen LogP contribution in [0, 0.1) is 17.5 Å². The molecule has 0 saturated carbocycles. The maximum atomic E-state index is 13.2. The number of ketones is 1. The number of halogens is 3. The Labute approximate surface area is 85.2 Å². The summed E-state index contributed by atoms with van der Waals surface area (Å²) in [6.07, 6.45) is 1.06. The summed E-state index contributed by atoms with van der Waals surface area (Å²) in [5.74, 6) is -3.65. The van der Waals surface area contributed by atoms with Gasteiger partial charge in [0.05, 0.1) is 5.56 Å². The summed E-state index contributed by atoms with van der Waals surface area (Å²) < 4.78 is 39.2. The van der Waals surface area contributed by atoms with Crippen LogP contribution in [0.5, 0.6) is 0 Å². The fraction of sp³-hybridized carbons (Fsp3) is 0.182. The molecule has 0 fully saturated rings. The van der Waals surface area contributed by atoms with Crippen LogP contribution in [0.2, 0.25) is 0 Å². The van der Waals surface area contributed by atoms with Crippen molar-refractivity contribution in [2.45, 2.75) is 13.8 Å². The summed E-state index contributed by atoms with van der Waals surface area (Å²) in [5.41, 5.74) is -0.429. The van der Waals surface area contributed by atoms with E-state index in [1.807, 2.05) is 0 Å². The van der Waals surface area contributed by atoms with Gasteiger partial charge in [-0.25, -0.2) is 13.2 Å². The Morgan fingerprint density at radius 2 is 1.67 bits per heavy atom. The van der Waals surface area contributed by atoms with Crippen molar-refractivity contribution in [3.63, 3.8) is 0 Å². The van der Waals surface area contributed by atoms with Gasteiger partial charge >= 0.3 is 0 Å². The number of allylic oxidation sites excluding steroid dienone is 2. The topological polar surface area (TPSA) is 17.1 Å². The Morgan fingerprint density at radius 1 is 1.13 bits per heavy atom. The quantitative estimate of drug-likeness (QED) is 0.546. The first kappa shape index (κ1) is 11.5. The molecule has 4 heteroatoms. The van der Waals surface area contributed by atoms with Crippen LogP contribution in [-0.2, 0) is 4.79 Å². The molecule has 0 unspecified atom stereocenters. The van der Waals surface area contributed by atoms with E-state index in [0.29, 0.717) is 6.07 Å². The van der Waals surface area contributed by atoms with E-state index in [0.717, 1.165) is 12.1 Å². The average Bonchev–Trinajstić information content (AvgIpc) is 2.11. The maximum Gasteiger partial charge on any atom is 0.169 e. The molecule has 0 N–H and O–H groups in total. The second-order valence-electron chi connectivity index (χ2n) is 3.16. The molecule has 0 aliphatic rings. The molecule has 1 nitrogen and oxygen atoms in total. The molecule has 0 aliphatic carbocycles. The van der Waals surface area contributed by atoms with Gasteiger partial charge in [0.25, 0.3) is 0 Å². The number of benzene rings is 1. The number of carbonyl (C=O) groups excluding carboxylic acids is 1. The lowest BCUT2D eigenvalue weighted by atomic mass is 10.0. The van der Waals surface area contributed by atoms with Gasteiger partial charge in [0.1, 0.15) is 5.82 Å². The Bertz CT molecular complexity index is 436. The molecule has 0 aromatic heterocycles. The van der Waals surface area contributed by atoms with E-state index in [1.165, 1.54) is 13.8 Å². The van der Waals surface area contributed by atoms with Crippen LogP contribution in [0.25, 0.3) is 5.57 Å². The highest BCUT2D eigenvalue weighted by Crippen LogP contribution is 2.23. The van der Waals surface area contributed by atoms with Gasteiger partial charge in [-0.1, -0.05) is 0 Å². The Kier molecular flexibility index (Phi) is 3.29. The zero-order chi connectivity index (χ0) is 11.6. The smallest absolute Gasteiger partial charge is 0.169 e. The number of hydrogen-bond acceptors (Lipinski definition) is 1. The van der Waals surface area contributed by atoms with Crippen LogP contribution < -0.4 is 0 Å². The zero-order valence-corrected chi connectivity index (χ0v) is 8.27. The zero-order valence-electron chi connectivity index (χ0n) is 8.27. The first-order valence-corrected chi connectivity index (χ1v) is 4.26. The highest BCUT2D eigenvalue weighted by Gasteiger charge is 2.15. The maximum absolute atomic E-state index is 13.2. The molecular formula is C11H9F3O. The first-order chi connectivity index (χ1) is 6.93. The van der Waals surface area contributed by atoms with Crippen molar-refractivity contribution in [1.29, 1.82) is 0 Å². The number of hydrogen-bond donors (Lipinski definition) is 0. The Balaban J connectivity index is 3.36. The van der Waals surface area contributed by atoms with Gasteiger partial charge in [-0.15, -0.1) is 0 Å². The average molecular weight is 214 g/mol. The van der Waals surface area contributed by atoms with Crippen molar-refractivity contribution in [2.75, 3.05) is 0 Å². The molecule has 15 heavy (non-hydrogen) atoms. The second-order valence-corrected chi connectivity index (χ2v) is 3.16. The third-order valence-corrected chi connectivity index (χ3v) is 1.86. The number of carbonyl (C=O) groups is 1. The van der Waals surface area contributed by atoms with Crippen LogP contribution in [-0.4, -0.2) is 5.78 Å². The fourth-order valence-corrected chi connectivity index (χ4v) is 1.27. The molecule has 0 aliphatic heterocycles. The predicted molar refractivity (Wildman–Crippen MR) is 50.6 cm³/mol. The summed E-state index contributed by atoms with van der Waals surface area (Å²) >= 11 is 0. The van der Waals surface area contributed by atoms with Gasteiger partial charge in [-0.2, -0.15) is 0 Å². The van der Waals surface area contributed by atoms with Crippen molar-refractivity contribution < 1.29 is 18.0 Å². The minimum Gasteiger partial charge on any atom is -0.295 e. The second kappa shape index (κ2) is 4.29. The van der Waals surface area contributed by atoms with Gasteiger partial charge in [-0.05, 0) is 37.6 Å². The molecule has 0 heterocycles. The molecule has 0 radical (unpaired) electrons. The summed E-state index contributed by atoms with van der Waals surface area (Å²) in [6, 6.07) is 1.53. The standard InChI is InChI=1S/C11H9F3O/c1-6(5-7(2)15)10-8(12)3-4-9(13)11(10)14/h3-5H,1-2H3/b6-5+. The molecule has 1 rings (SSSR count). The largest absolute Gasteiger partial charge is 0.295 e. The Hall–Kier alpha value is -1.58. The predicted octanol–water partition coefficient (Wildman–Crippen LogP) is 3.10. The monoisotopic (exact) mass is 214 g/mol. The van der Waals surface area contributed by atoms with E-state index in [4.69, 9.17) is 0 Å². The van der Waals surface area contributed by atoms with Crippen molar-refractivity contribution >= 4 is 11.4 Å². The lowest BCUT2D eigenvalue weighted by Crippen LogP contribution is -1.98. The molecule has 1 aromatic rings. The van der Waals surface area contributed by atoms with Gasteiger partial charge in [-0.3, -0.25) is 4.79 Å². The first-order valence-electron chi connectivity index (χ1n) is 4.26. The van der Waals surface area contributed by atoms with E-state index in [-0.39, 0.29) is 11.4 Å². The minimum absolute atomic E-state index is 0.0667. The molecule has 0 amide bonds. The lowest BCUT2D eigenvalue weighted by Gasteiger charge is -2.05. The van der Waals surface area contributed by atoms with Gasteiger partial charge in [0.15, 0.2) is 17.4 Å². The highest BCUT2D eigenvalue weighted by molar-refractivity contribution is 5.94. The van der Waals surface area contributed by atoms with Crippen LogP contribution in [0.15, 0.2) is 18.2 Å². The molecule has 80 valence electrons. The van der Waals surface area contributed by atoms with E-state index in [2.05, 4.69) is 0 Å². The molecule has 1 aromatic carbocycles. The van der Waals surface area contributed by atoms with Crippen LogP contribution in [0.1, 0.15) is 19.4 Å². The van der Waals surface area contributed by atoms with Gasteiger partial charge in [0, 0.05) is 0 Å². The summed E-state index contributed by atoms with van der Waals surface area (Å²) in [4.78, 5) is 10.7. The summed E-state index contributed by atoms with van der Waals surface area (Å²) in [5, 5.41) is 0. The van der Waals surface area contributed by atoms with Crippen LogP contribution in [0.4, 0.5) is 13.2 Å². The highest BCUT2D eigenvalue weighted by atomic mass is 19.2. The minimum atomic E-state index is -1.27. The van der Waals surface area contributed by atoms with Crippen molar-refractivity contribution in [3.05, 3.63) is 41.2 Å². The summed E-state index contributed by atoms with van der Waals surface area (Å²) in [7, 11) is 0. The third-order valence-electron chi connectivity index (χ3n) is 1.86. The van der Waals surface area contributed by atoms with Crippen LogP contribution in [0.3, 0.4) is 0 Å². The van der Waals surface area contributed by atoms with Gasteiger partial charge < -0.3 is 0 Å². The molecular weight excluding hydrogens is 205 g/mol. The molecule has 0 saturated heterocycles. The van der Waals surface area contributed by atoms with E-state index in [9.17, 15) is 18.0 Å². The van der Waals surface area contributed by atoms with Crippen LogP contribution >= 0.6 is 0 Å². The SMILES string of the molecule is CC(=O)/C=C(\C)c1c(F)ccc(F)c1F. The van der Waals surface area contributed by atoms with Crippen molar-refractivity contribution in [2.24, 2.45) is 0 Å². The lowest BCUT2D eigenvalue weighted by molar-refractivity contribution is -0.112.